The lowest BCUT2D eigenvalue weighted by atomic mass is 10.0. The lowest BCUT2D eigenvalue weighted by Crippen LogP contribution is -2.47. The first-order chi connectivity index (χ1) is 13.9. The Labute approximate surface area is 169 Å². The summed E-state index contributed by atoms with van der Waals surface area (Å²) in [4.78, 5) is 44.7. The van der Waals surface area contributed by atoms with E-state index in [-0.39, 0.29) is 23.7 Å². The summed E-state index contributed by atoms with van der Waals surface area (Å²) < 4.78 is 5.01. The largest absolute Gasteiger partial charge is 0.450 e. The first kappa shape index (κ1) is 20.6. The third kappa shape index (κ3) is 5.01. The van der Waals surface area contributed by atoms with E-state index in [0.717, 1.165) is 16.7 Å². The van der Waals surface area contributed by atoms with Gasteiger partial charge in [0.1, 0.15) is 5.69 Å². The topological polar surface area (TPSA) is 104 Å². The fourth-order valence-corrected chi connectivity index (χ4v) is 3.50. The van der Waals surface area contributed by atoms with E-state index in [1.807, 2.05) is 32.0 Å². The number of hydrogen-bond acceptors (Lipinski definition) is 5. The number of nitrogens with one attached hydrogen (secondary N) is 2. The van der Waals surface area contributed by atoms with Crippen LogP contribution in [0.2, 0.25) is 0 Å². The molecule has 1 aromatic heterocycles. The molecule has 2 heterocycles. The SMILES string of the molecule is CCOC(=O)N1CCC(NC(=O)c2cc(-c3ccc(C)cc3C)nc(=O)[nH]2)CC1. The van der Waals surface area contributed by atoms with Gasteiger partial charge in [-0.15, -0.1) is 0 Å². The molecule has 8 heteroatoms. The van der Waals surface area contributed by atoms with E-state index >= 15 is 0 Å². The number of aromatic amines is 1. The average molecular weight is 398 g/mol. The quantitative estimate of drug-likeness (QED) is 0.823. The van der Waals surface area contributed by atoms with Crippen LogP contribution in [0.15, 0.2) is 29.1 Å². The maximum Gasteiger partial charge on any atom is 0.409 e. The van der Waals surface area contributed by atoms with Crippen LogP contribution in [-0.2, 0) is 4.74 Å². The molecule has 2 aromatic rings. The molecule has 2 amide bonds. The molecule has 2 N–H and O–H groups in total. The van der Waals surface area contributed by atoms with Crippen LogP contribution in [0.3, 0.4) is 0 Å². The van der Waals surface area contributed by atoms with Crippen LogP contribution in [0.25, 0.3) is 11.3 Å². The van der Waals surface area contributed by atoms with Crippen molar-refractivity contribution in [2.45, 2.75) is 39.7 Å². The van der Waals surface area contributed by atoms with Crippen LogP contribution in [-0.4, -0.2) is 52.6 Å². The van der Waals surface area contributed by atoms with Crippen LogP contribution < -0.4 is 11.0 Å². The molecule has 8 nitrogen and oxygen atoms in total. The van der Waals surface area contributed by atoms with Crippen LogP contribution in [0.5, 0.6) is 0 Å². The van der Waals surface area contributed by atoms with Gasteiger partial charge in [0.25, 0.3) is 5.91 Å². The molecule has 3 rings (SSSR count). The zero-order valence-electron chi connectivity index (χ0n) is 16.9. The van der Waals surface area contributed by atoms with Gasteiger partial charge in [0.2, 0.25) is 0 Å². The number of ether oxygens (including phenoxy) is 1. The van der Waals surface area contributed by atoms with Crippen molar-refractivity contribution in [2.75, 3.05) is 19.7 Å². The summed E-state index contributed by atoms with van der Waals surface area (Å²) in [5, 5.41) is 2.94. The first-order valence-corrected chi connectivity index (χ1v) is 9.79. The predicted octanol–water partition coefficient (Wildman–Crippen LogP) is 2.40. The van der Waals surface area contributed by atoms with Gasteiger partial charge in [-0.05, 0) is 45.2 Å². The van der Waals surface area contributed by atoms with Crippen LogP contribution in [0.4, 0.5) is 4.79 Å². The minimum Gasteiger partial charge on any atom is -0.450 e. The van der Waals surface area contributed by atoms with E-state index in [1.165, 1.54) is 0 Å². The Morgan fingerprint density at radius 2 is 1.97 bits per heavy atom. The highest BCUT2D eigenvalue weighted by molar-refractivity contribution is 5.93. The number of piperidine rings is 1. The van der Waals surface area contributed by atoms with Gasteiger partial charge < -0.3 is 19.9 Å². The first-order valence-electron chi connectivity index (χ1n) is 9.79. The molecule has 1 aromatic carbocycles. The summed E-state index contributed by atoms with van der Waals surface area (Å²) in [6, 6.07) is 7.38. The highest BCUT2D eigenvalue weighted by Gasteiger charge is 2.25. The van der Waals surface area contributed by atoms with E-state index < -0.39 is 5.69 Å². The van der Waals surface area contributed by atoms with Crippen molar-refractivity contribution in [2.24, 2.45) is 0 Å². The van der Waals surface area contributed by atoms with Crippen molar-refractivity contribution in [1.29, 1.82) is 0 Å². The molecule has 0 radical (unpaired) electrons. The van der Waals surface area contributed by atoms with Gasteiger partial charge in [0.15, 0.2) is 0 Å². The monoisotopic (exact) mass is 398 g/mol. The van der Waals surface area contributed by atoms with Crippen molar-refractivity contribution in [3.63, 3.8) is 0 Å². The maximum atomic E-state index is 12.7. The van der Waals surface area contributed by atoms with Crippen molar-refractivity contribution in [1.82, 2.24) is 20.2 Å². The minimum atomic E-state index is -0.565. The molecule has 154 valence electrons. The minimum absolute atomic E-state index is 0.0746. The van der Waals surface area contributed by atoms with Crippen molar-refractivity contribution >= 4 is 12.0 Å². The highest BCUT2D eigenvalue weighted by atomic mass is 16.6. The molecule has 29 heavy (non-hydrogen) atoms. The van der Waals surface area contributed by atoms with Gasteiger partial charge >= 0.3 is 11.8 Å². The van der Waals surface area contributed by atoms with Crippen molar-refractivity contribution in [3.05, 3.63) is 51.6 Å². The number of H-pyrrole nitrogens is 1. The average Bonchev–Trinajstić information content (AvgIpc) is 2.68. The molecule has 0 saturated carbocycles. The second-order valence-corrected chi connectivity index (χ2v) is 7.24. The van der Waals surface area contributed by atoms with E-state index in [2.05, 4.69) is 15.3 Å². The second-order valence-electron chi connectivity index (χ2n) is 7.24. The number of rotatable bonds is 4. The molecular weight excluding hydrogens is 372 g/mol. The van der Waals surface area contributed by atoms with Crippen LogP contribution in [0, 0.1) is 13.8 Å². The standard InChI is InChI=1S/C21H26N4O4/c1-4-29-21(28)25-9-7-15(8-10-25)22-19(26)18-12-17(23-20(27)24-18)16-6-5-13(2)11-14(16)3/h5-6,11-12,15H,4,7-10H2,1-3H3,(H,22,26)(H,23,24,27). The van der Waals surface area contributed by atoms with Gasteiger partial charge in [0, 0.05) is 24.7 Å². The van der Waals surface area contributed by atoms with Crippen LogP contribution >= 0.6 is 0 Å². The second kappa shape index (κ2) is 8.89. The van der Waals surface area contributed by atoms with E-state index in [0.29, 0.717) is 38.2 Å². The molecule has 1 aliphatic heterocycles. The number of aromatic nitrogens is 2. The van der Waals surface area contributed by atoms with Gasteiger partial charge in [-0.2, -0.15) is 4.98 Å². The molecule has 0 bridgehead atoms. The fourth-order valence-electron chi connectivity index (χ4n) is 3.50. The Hall–Kier alpha value is -3.16. The number of hydrogen-bond donors (Lipinski definition) is 2. The number of benzene rings is 1. The molecular formula is C21H26N4O4. The van der Waals surface area contributed by atoms with E-state index in [1.54, 1.807) is 17.9 Å². The fraction of sp³-hybridized carbons (Fsp3) is 0.429. The van der Waals surface area contributed by atoms with Crippen molar-refractivity contribution < 1.29 is 14.3 Å². The summed E-state index contributed by atoms with van der Waals surface area (Å²) in [5.74, 6) is -0.356. The Bertz CT molecular complexity index is 961. The van der Waals surface area contributed by atoms with Crippen molar-refractivity contribution in [3.8, 4) is 11.3 Å². The van der Waals surface area contributed by atoms with Gasteiger partial charge in [-0.1, -0.05) is 23.8 Å². The number of likely N-dealkylation sites (tertiary alicyclic amines) is 1. The molecule has 0 spiro atoms. The number of carbonyl (C=O) groups is 2. The summed E-state index contributed by atoms with van der Waals surface area (Å²) in [7, 11) is 0. The molecule has 0 aliphatic carbocycles. The van der Waals surface area contributed by atoms with Gasteiger partial charge in [-0.3, -0.25) is 4.79 Å². The number of amides is 2. The smallest absolute Gasteiger partial charge is 0.409 e. The Morgan fingerprint density at radius 3 is 2.62 bits per heavy atom. The molecule has 0 atom stereocenters. The maximum absolute atomic E-state index is 12.7. The summed E-state index contributed by atoms with van der Waals surface area (Å²) in [6.45, 7) is 7.09. The number of carbonyl (C=O) groups excluding carboxylic acids is 2. The number of nitrogens with zero attached hydrogens (tertiary/aromatic N) is 2. The van der Waals surface area contributed by atoms with E-state index in [9.17, 15) is 14.4 Å². The summed E-state index contributed by atoms with van der Waals surface area (Å²) >= 11 is 0. The Kier molecular flexibility index (Phi) is 6.31. The van der Waals surface area contributed by atoms with Gasteiger partial charge in [-0.25, -0.2) is 9.59 Å². The van der Waals surface area contributed by atoms with Crippen LogP contribution in [0.1, 0.15) is 41.4 Å². The molecule has 1 saturated heterocycles. The Morgan fingerprint density at radius 1 is 1.24 bits per heavy atom. The Balaban J connectivity index is 1.70. The zero-order chi connectivity index (χ0) is 21.0. The lowest BCUT2D eigenvalue weighted by Gasteiger charge is -2.31. The molecule has 0 unspecified atom stereocenters. The highest BCUT2D eigenvalue weighted by Crippen LogP contribution is 2.22. The lowest BCUT2D eigenvalue weighted by molar-refractivity contribution is 0.0856. The molecule has 1 aliphatic rings. The zero-order valence-corrected chi connectivity index (χ0v) is 16.9. The van der Waals surface area contributed by atoms with E-state index in [4.69, 9.17) is 4.74 Å². The third-order valence-electron chi connectivity index (χ3n) is 5.00. The number of aryl methyl sites for hydroxylation is 2. The third-order valence-corrected chi connectivity index (χ3v) is 5.00. The van der Waals surface area contributed by atoms with Gasteiger partial charge in [0.05, 0.1) is 12.3 Å². The summed E-state index contributed by atoms with van der Waals surface area (Å²) in [5.41, 5.74) is 2.99. The summed E-state index contributed by atoms with van der Waals surface area (Å²) in [6.07, 6.45) is 0.932. The molecule has 1 fully saturated rings. The predicted molar refractivity (Wildman–Crippen MR) is 109 cm³/mol. The normalized spacial score (nSPS) is 14.5.